The number of esters is 1. The molecule has 0 radical (unpaired) electrons. The Morgan fingerprint density at radius 1 is 1.22 bits per heavy atom. The van der Waals surface area contributed by atoms with Crippen molar-refractivity contribution in [3.05, 3.63) is 51.2 Å². The zero-order chi connectivity index (χ0) is 19.4. The first-order valence-corrected chi connectivity index (χ1v) is 9.41. The fourth-order valence-corrected chi connectivity index (χ4v) is 3.89. The zero-order valence-electron chi connectivity index (χ0n) is 15.4. The molecule has 0 aromatic heterocycles. The van der Waals surface area contributed by atoms with Crippen LogP contribution in [-0.2, 0) is 14.3 Å². The van der Waals surface area contributed by atoms with E-state index in [-0.39, 0.29) is 24.1 Å². The van der Waals surface area contributed by atoms with Crippen LogP contribution in [0.3, 0.4) is 0 Å². The Kier molecular flexibility index (Phi) is 5.88. The summed E-state index contributed by atoms with van der Waals surface area (Å²) < 4.78 is 5.76. The van der Waals surface area contributed by atoms with Crippen molar-refractivity contribution in [2.24, 2.45) is 0 Å². The van der Waals surface area contributed by atoms with Crippen LogP contribution in [-0.4, -0.2) is 22.9 Å². The van der Waals surface area contributed by atoms with Gasteiger partial charge in [-0.1, -0.05) is 25.0 Å². The van der Waals surface area contributed by atoms with Gasteiger partial charge in [0.1, 0.15) is 6.10 Å². The maximum Gasteiger partial charge on any atom is 0.336 e. The molecule has 0 unspecified atom stereocenters. The molecule has 1 heterocycles. The van der Waals surface area contributed by atoms with Gasteiger partial charge in [-0.3, -0.25) is 14.9 Å². The molecule has 7 nitrogen and oxygen atoms in total. The quantitative estimate of drug-likeness (QED) is 0.376. The normalized spacial score (nSPS) is 21.4. The van der Waals surface area contributed by atoms with Crippen LogP contribution in [0.5, 0.6) is 0 Å². The summed E-state index contributed by atoms with van der Waals surface area (Å²) in [6, 6.07) is 6.11. The van der Waals surface area contributed by atoms with Gasteiger partial charge in [-0.05, 0) is 38.2 Å². The predicted molar refractivity (Wildman–Crippen MR) is 98.9 cm³/mol. The van der Waals surface area contributed by atoms with Crippen LogP contribution in [0.4, 0.5) is 5.69 Å². The van der Waals surface area contributed by atoms with E-state index >= 15 is 0 Å². The molecule has 1 aromatic carbocycles. The van der Waals surface area contributed by atoms with Crippen molar-refractivity contribution in [2.75, 3.05) is 0 Å². The van der Waals surface area contributed by atoms with E-state index in [9.17, 15) is 19.7 Å². The van der Waals surface area contributed by atoms with E-state index in [0.717, 1.165) is 38.5 Å². The van der Waals surface area contributed by atoms with Gasteiger partial charge < -0.3 is 10.1 Å². The predicted octanol–water partition coefficient (Wildman–Crippen LogP) is 3.74. The Bertz CT molecular complexity index is 778. The number of non-ortho nitro benzene ring substituents is 1. The molecule has 0 saturated heterocycles. The second-order valence-corrected chi connectivity index (χ2v) is 7.21. The third-order valence-electron chi connectivity index (χ3n) is 5.25. The summed E-state index contributed by atoms with van der Waals surface area (Å²) in [4.78, 5) is 35.6. The van der Waals surface area contributed by atoms with E-state index < -0.39 is 16.8 Å². The Labute approximate surface area is 157 Å². The first kappa shape index (κ1) is 19.1. The Morgan fingerprint density at radius 3 is 2.59 bits per heavy atom. The van der Waals surface area contributed by atoms with E-state index in [4.69, 9.17) is 4.74 Å². The lowest BCUT2D eigenvalue weighted by atomic mass is 9.84. The molecule has 27 heavy (non-hydrogen) atoms. The molecule has 0 spiro atoms. The van der Waals surface area contributed by atoms with Crippen LogP contribution in [0, 0.1) is 10.1 Å². The number of allylic oxidation sites excluding steroid dienone is 1. The van der Waals surface area contributed by atoms with Gasteiger partial charge >= 0.3 is 5.97 Å². The molecule has 1 aromatic rings. The van der Waals surface area contributed by atoms with Crippen molar-refractivity contribution < 1.29 is 19.2 Å². The Morgan fingerprint density at radius 2 is 1.93 bits per heavy atom. The fourth-order valence-electron chi connectivity index (χ4n) is 3.89. The van der Waals surface area contributed by atoms with Gasteiger partial charge in [0, 0.05) is 30.2 Å². The Hall–Kier alpha value is -2.70. The van der Waals surface area contributed by atoms with Crippen LogP contribution in [0.25, 0.3) is 0 Å². The minimum atomic E-state index is -0.545. The molecule has 144 valence electrons. The molecule has 1 aliphatic carbocycles. The molecule has 7 heteroatoms. The van der Waals surface area contributed by atoms with Crippen molar-refractivity contribution in [3.8, 4) is 0 Å². The van der Waals surface area contributed by atoms with Crippen LogP contribution in [0.1, 0.15) is 63.4 Å². The first-order chi connectivity index (χ1) is 13.0. The van der Waals surface area contributed by atoms with Crippen molar-refractivity contribution in [3.63, 3.8) is 0 Å². The number of carbonyl (C=O) groups excluding carboxylic acids is 2. The van der Waals surface area contributed by atoms with Crippen molar-refractivity contribution in [1.29, 1.82) is 0 Å². The maximum absolute atomic E-state index is 12.9. The number of carbonyl (C=O) groups is 2. The van der Waals surface area contributed by atoms with Crippen LogP contribution >= 0.6 is 0 Å². The highest BCUT2D eigenvalue weighted by molar-refractivity contribution is 5.96. The molecule has 1 amide bonds. The summed E-state index contributed by atoms with van der Waals surface area (Å²) in [5.74, 6) is -1.19. The molecule has 3 rings (SSSR count). The molecule has 1 aliphatic heterocycles. The third-order valence-corrected chi connectivity index (χ3v) is 5.25. The molecule has 1 fully saturated rings. The number of amides is 1. The average Bonchev–Trinajstić information content (AvgIpc) is 2.89. The van der Waals surface area contributed by atoms with Gasteiger partial charge in [-0.15, -0.1) is 0 Å². The highest BCUT2D eigenvalue weighted by Gasteiger charge is 2.34. The molecular weight excluding hydrogens is 348 g/mol. The van der Waals surface area contributed by atoms with E-state index in [1.165, 1.54) is 12.1 Å². The topological polar surface area (TPSA) is 98.5 Å². The lowest BCUT2D eigenvalue weighted by Crippen LogP contribution is -2.35. The minimum absolute atomic E-state index is 0.0624. The van der Waals surface area contributed by atoms with Gasteiger partial charge in [-0.25, -0.2) is 4.79 Å². The van der Waals surface area contributed by atoms with Crippen LogP contribution < -0.4 is 5.32 Å². The van der Waals surface area contributed by atoms with Gasteiger partial charge in [0.25, 0.3) is 5.69 Å². The van der Waals surface area contributed by atoms with Crippen molar-refractivity contribution in [2.45, 2.75) is 63.9 Å². The highest BCUT2D eigenvalue weighted by Crippen LogP contribution is 2.35. The Balaban J connectivity index is 1.88. The summed E-state index contributed by atoms with van der Waals surface area (Å²) in [6.07, 6.45) is 6.06. The number of nitrogens with one attached hydrogen (secondary N) is 1. The number of hydrogen-bond donors (Lipinski definition) is 1. The summed E-state index contributed by atoms with van der Waals surface area (Å²) in [7, 11) is 0. The molecule has 1 saturated carbocycles. The monoisotopic (exact) mass is 372 g/mol. The molecule has 1 atom stereocenters. The van der Waals surface area contributed by atoms with Gasteiger partial charge in [-0.2, -0.15) is 0 Å². The average molecular weight is 372 g/mol. The second kappa shape index (κ2) is 8.33. The van der Waals surface area contributed by atoms with Gasteiger partial charge in [0.15, 0.2) is 0 Å². The van der Waals surface area contributed by atoms with E-state index in [2.05, 4.69) is 5.32 Å². The number of nitro benzene ring substituents is 1. The standard InChI is InChI=1S/C20H24N2O5/c1-13-19(20(24)27-16-9-4-2-3-5-10-16)17(12-18(23)21-13)14-7-6-8-15(11-14)22(25)26/h6-8,11,16-17H,2-5,9-10,12H2,1H3,(H,21,23)/t17-/m1/s1. The molecule has 2 aliphatic rings. The number of rotatable bonds is 4. The first-order valence-electron chi connectivity index (χ1n) is 9.41. The maximum atomic E-state index is 12.9. The van der Waals surface area contributed by atoms with E-state index in [1.807, 2.05) is 0 Å². The molecule has 0 bridgehead atoms. The lowest BCUT2D eigenvalue weighted by Gasteiger charge is -2.28. The number of nitrogens with zero attached hydrogens (tertiary/aromatic N) is 1. The fraction of sp³-hybridized carbons (Fsp3) is 0.500. The van der Waals surface area contributed by atoms with Crippen LogP contribution in [0.15, 0.2) is 35.5 Å². The molecular formula is C20H24N2O5. The highest BCUT2D eigenvalue weighted by atomic mass is 16.6. The lowest BCUT2D eigenvalue weighted by molar-refractivity contribution is -0.384. The number of nitro groups is 1. The summed E-state index contributed by atoms with van der Waals surface area (Å²) in [6.45, 7) is 1.67. The molecule has 1 N–H and O–H groups in total. The van der Waals surface area contributed by atoms with E-state index in [0.29, 0.717) is 16.8 Å². The van der Waals surface area contributed by atoms with Gasteiger partial charge in [0.05, 0.1) is 10.5 Å². The van der Waals surface area contributed by atoms with E-state index in [1.54, 1.807) is 19.1 Å². The second-order valence-electron chi connectivity index (χ2n) is 7.21. The van der Waals surface area contributed by atoms with Crippen molar-refractivity contribution >= 4 is 17.6 Å². The summed E-state index contributed by atoms with van der Waals surface area (Å²) in [5.41, 5.74) is 1.36. The summed E-state index contributed by atoms with van der Waals surface area (Å²) in [5, 5.41) is 13.8. The summed E-state index contributed by atoms with van der Waals surface area (Å²) >= 11 is 0. The van der Waals surface area contributed by atoms with Crippen LogP contribution in [0.2, 0.25) is 0 Å². The zero-order valence-corrected chi connectivity index (χ0v) is 15.4. The number of ether oxygens (including phenoxy) is 1. The number of hydrogen-bond acceptors (Lipinski definition) is 5. The van der Waals surface area contributed by atoms with Gasteiger partial charge in [0.2, 0.25) is 5.91 Å². The minimum Gasteiger partial charge on any atom is -0.459 e. The smallest absolute Gasteiger partial charge is 0.336 e. The van der Waals surface area contributed by atoms with Crippen molar-refractivity contribution in [1.82, 2.24) is 5.32 Å². The SMILES string of the molecule is CC1=C(C(=O)OC2CCCCCC2)[C@@H](c2cccc([N+](=O)[O-])c2)CC(=O)N1. The largest absolute Gasteiger partial charge is 0.459 e. The third kappa shape index (κ3) is 4.53. The number of benzene rings is 1.